The van der Waals surface area contributed by atoms with Crippen LogP contribution in [0.25, 0.3) is 11.3 Å². The number of nitrogens with one attached hydrogen (secondary N) is 1. The van der Waals surface area contributed by atoms with Gasteiger partial charge in [-0.05, 0) is 37.1 Å². The van der Waals surface area contributed by atoms with Crippen molar-refractivity contribution in [2.75, 3.05) is 20.1 Å². The van der Waals surface area contributed by atoms with Gasteiger partial charge in [0.15, 0.2) is 11.7 Å². The summed E-state index contributed by atoms with van der Waals surface area (Å²) >= 11 is 0. The SMILES string of the molecule is CNC(=O)C1CCN(C(=O)CCc2ncc(-c3ccc(F)cc3)o2)CC1. The van der Waals surface area contributed by atoms with Gasteiger partial charge in [0.1, 0.15) is 5.82 Å². The zero-order valence-electron chi connectivity index (χ0n) is 14.7. The van der Waals surface area contributed by atoms with Gasteiger partial charge in [0.2, 0.25) is 11.8 Å². The number of carbonyl (C=O) groups is 2. The summed E-state index contributed by atoms with van der Waals surface area (Å²) in [6, 6.07) is 5.98. The molecule has 1 aliphatic heterocycles. The van der Waals surface area contributed by atoms with E-state index in [9.17, 15) is 14.0 Å². The second-order valence-corrected chi connectivity index (χ2v) is 6.39. The molecular weight excluding hydrogens is 337 g/mol. The van der Waals surface area contributed by atoms with Crippen LogP contribution in [-0.4, -0.2) is 41.8 Å². The largest absolute Gasteiger partial charge is 0.441 e. The number of likely N-dealkylation sites (tertiary alicyclic amines) is 1. The highest BCUT2D eigenvalue weighted by Crippen LogP contribution is 2.22. The summed E-state index contributed by atoms with van der Waals surface area (Å²) in [6.45, 7) is 1.20. The standard InChI is InChI=1S/C19H22FN3O3/c1-21-19(25)14-8-10-23(11-9-14)18(24)7-6-17-22-12-16(26-17)13-2-4-15(20)5-3-13/h2-5,12,14H,6-11H2,1H3,(H,21,25). The number of halogens is 1. The number of amides is 2. The van der Waals surface area contributed by atoms with E-state index in [4.69, 9.17) is 4.42 Å². The minimum absolute atomic E-state index is 0.00550. The smallest absolute Gasteiger partial charge is 0.223 e. The van der Waals surface area contributed by atoms with E-state index in [-0.39, 0.29) is 23.5 Å². The summed E-state index contributed by atoms with van der Waals surface area (Å²) < 4.78 is 18.6. The third-order valence-corrected chi connectivity index (χ3v) is 4.70. The third kappa shape index (κ3) is 4.28. The highest BCUT2D eigenvalue weighted by atomic mass is 19.1. The maximum absolute atomic E-state index is 13.0. The minimum Gasteiger partial charge on any atom is -0.441 e. The molecule has 1 aromatic heterocycles. The Labute approximate surface area is 151 Å². The van der Waals surface area contributed by atoms with E-state index in [1.807, 2.05) is 0 Å². The van der Waals surface area contributed by atoms with Crippen molar-refractivity contribution in [2.45, 2.75) is 25.7 Å². The Hall–Kier alpha value is -2.70. The molecule has 0 atom stereocenters. The summed E-state index contributed by atoms with van der Waals surface area (Å²) in [4.78, 5) is 30.0. The highest BCUT2D eigenvalue weighted by Gasteiger charge is 2.26. The van der Waals surface area contributed by atoms with Crippen molar-refractivity contribution in [2.24, 2.45) is 5.92 Å². The minimum atomic E-state index is -0.306. The molecule has 3 rings (SSSR count). The fraction of sp³-hybridized carbons (Fsp3) is 0.421. The molecule has 0 spiro atoms. The summed E-state index contributed by atoms with van der Waals surface area (Å²) in [5.41, 5.74) is 0.743. The summed E-state index contributed by atoms with van der Waals surface area (Å²) in [6.07, 6.45) is 3.70. The maximum atomic E-state index is 13.0. The van der Waals surface area contributed by atoms with Crippen LogP contribution in [0.1, 0.15) is 25.2 Å². The second-order valence-electron chi connectivity index (χ2n) is 6.39. The zero-order chi connectivity index (χ0) is 18.5. The molecule has 138 valence electrons. The van der Waals surface area contributed by atoms with E-state index < -0.39 is 0 Å². The number of nitrogens with zero attached hydrogens (tertiary/aromatic N) is 2. The summed E-state index contributed by atoms with van der Waals surface area (Å²) in [7, 11) is 1.64. The van der Waals surface area contributed by atoms with Gasteiger partial charge in [-0.2, -0.15) is 0 Å². The number of oxazole rings is 1. The molecule has 26 heavy (non-hydrogen) atoms. The average molecular weight is 359 g/mol. The fourth-order valence-corrected chi connectivity index (χ4v) is 3.14. The predicted octanol–water partition coefficient (Wildman–Crippen LogP) is 2.40. The van der Waals surface area contributed by atoms with Crippen molar-refractivity contribution in [3.8, 4) is 11.3 Å². The van der Waals surface area contributed by atoms with Gasteiger partial charge in [0.25, 0.3) is 0 Å². The molecular formula is C19H22FN3O3. The van der Waals surface area contributed by atoms with Crippen LogP contribution < -0.4 is 5.32 Å². The lowest BCUT2D eigenvalue weighted by Crippen LogP contribution is -2.42. The maximum Gasteiger partial charge on any atom is 0.223 e. The van der Waals surface area contributed by atoms with Gasteiger partial charge in [-0.1, -0.05) is 0 Å². The van der Waals surface area contributed by atoms with Gasteiger partial charge < -0.3 is 14.6 Å². The van der Waals surface area contributed by atoms with E-state index in [1.165, 1.54) is 12.1 Å². The van der Waals surface area contributed by atoms with E-state index in [2.05, 4.69) is 10.3 Å². The lowest BCUT2D eigenvalue weighted by molar-refractivity contribution is -0.135. The van der Waals surface area contributed by atoms with E-state index >= 15 is 0 Å². The lowest BCUT2D eigenvalue weighted by Gasteiger charge is -2.31. The molecule has 1 saturated heterocycles. The first-order valence-corrected chi connectivity index (χ1v) is 8.77. The lowest BCUT2D eigenvalue weighted by atomic mass is 9.96. The monoisotopic (exact) mass is 359 g/mol. The molecule has 0 bridgehead atoms. The molecule has 2 aromatic rings. The molecule has 1 aliphatic rings. The van der Waals surface area contributed by atoms with Gasteiger partial charge in [0, 0.05) is 44.5 Å². The molecule has 0 radical (unpaired) electrons. The molecule has 6 nitrogen and oxygen atoms in total. The number of benzene rings is 1. The van der Waals surface area contributed by atoms with Crippen molar-refractivity contribution >= 4 is 11.8 Å². The van der Waals surface area contributed by atoms with Crippen LogP contribution in [-0.2, 0) is 16.0 Å². The Morgan fingerprint density at radius 2 is 1.96 bits per heavy atom. The van der Waals surface area contributed by atoms with Gasteiger partial charge >= 0.3 is 0 Å². The van der Waals surface area contributed by atoms with E-state index in [0.29, 0.717) is 50.4 Å². The first-order valence-electron chi connectivity index (χ1n) is 8.77. The van der Waals surface area contributed by atoms with E-state index in [1.54, 1.807) is 30.3 Å². The van der Waals surface area contributed by atoms with Crippen molar-refractivity contribution < 1.29 is 18.4 Å². The molecule has 0 saturated carbocycles. The molecule has 1 aromatic carbocycles. The normalized spacial score (nSPS) is 15.1. The predicted molar refractivity (Wildman–Crippen MR) is 93.6 cm³/mol. The molecule has 2 heterocycles. The Morgan fingerprint density at radius 3 is 2.62 bits per heavy atom. The van der Waals surface area contributed by atoms with Gasteiger partial charge in [-0.3, -0.25) is 9.59 Å². The number of hydrogen-bond donors (Lipinski definition) is 1. The second kappa shape index (κ2) is 8.12. The highest BCUT2D eigenvalue weighted by molar-refractivity contribution is 5.79. The number of aromatic nitrogens is 1. The average Bonchev–Trinajstić information content (AvgIpc) is 3.15. The van der Waals surface area contributed by atoms with Gasteiger partial charge in [0.05, 0.1) is 6.20 Å². The van der Waals surface area contributed by atoms with Crippen molar-refractivity contribution in [3.63, 3.8) is 0 Å². The van der Waals surface area contributed by atoms with Crippen LogP contribution >= 0.6 is 0 Å². The number of rotatable bonds is 5. The van der Waals surface area contributed by atoms with Gasteiger partial charge in [-0.25, -0.2) is 9.37 Å². The van der Waals surface area contributed by atoms with Crippen LogP contribution in [0, 0.1) is 11.7 Å². The first-order chi connectivity index (χ1) is 12.6. The molecule has 1 N–H and O–H groups in total. The Balaban J connectivity index is 1.49. The van der Waals surface area contributed by atoms with E-state index in [0.717, 1.165) is 5.56 Å². The fourth-order valence-electron chi connectivity index (χ4n) is 3.14. The molecule has 1 fully saturated rings. The summed E-state index contributed by atoms with van der Waals surface area (Å²) in [5.74, 6) is 0.817. The number of piperidine rings is 1. The Kier molecular flexibility index (Phi) is 5.65. The van der Waals surface area contributed by atoms with Crippen LogP contribution in [0.4, 0.5) is 4.39 Å². The quantitative estimate of drug-likeness (QED) is 0.889. The Bertz CT molecular complexity index is 765. The van der Waals surface area contributed by atoms with Crippen LogP contribution in [0.3, 0.4) is 0 Å². The Morgan fingerprint density at radius 1 is 1.27 bits per heavy atom. The number of aryl methyl sites for hydroxylation is 1. The molecule has 7 heteroatoms. The van der Waals surface area contributed by atoms with Crippen LogP contribution in [0.5, 0.6) is 0 Å². The first kappa shape index (κ1) is 18.1. The molecule has 0 aliphatic carbocycles. The van der Waals surface area contributed by atoms with Crippen molar-refractivity contribution in [1.82, 2.24) is 15.2 Å². The number of hydrogen-bond acceptors (Lipinski definition) is 4. The van der Waals surface area contributed by atoms with Crippen LogP contribution in [0.2, 0.25) is 0 Å². The zero-order valence-corrected chi connectivity index (χ0v) is 14.7. The molecule has 2 amide bonds. The van der Waals surface area contributed by atoms with Crippen molar-refractivity contribution in [3.05, 3.63) is 42.2 Å². The van der Waals surface area contributed by atoms with Crippen LogP contribution in [0.15, 0.2) is 34.9 Å². The van der Waals surface area contributed by atoms with Gasteiger partial charge in [-0.15, -0.1) is 0 Å². The molecule has 0 unspecified atom stereocenters. The van der Waals surface area contributed by atoms with Crippen molar-refractivity contribution in [1.29, 1.82) is 0 Å². The summed E-state index contributed by atoms with van der Waals surface area (Å²) in [5, 5.41) is 2.66. The third-order valence-electron chi connectivity index (χ3n) is 4.70. The topological polar surface area (TPSA) is 75.4 Å². The number of carbonyl (C=O) groups excluding carboxylic acids is 2.